The minimum absolute atomic E-state index is 0.0533. The minimum atomic E-state index is -0.626. The van der Waals surface area contributed by atoms with E-state index in [0.29, 0.717) is 43.5 Å². The van der Waals surface area contributed by atoms with Gasteiger partial charge in [-0.2, -0.15) is 0 Å². The average molecular weight is 513 g/mol. The molecule has 5 rings (SSSR count). The Morgan fingerprint density at radius 2 is 1.97 bits per heavy atom. The number of carbonyl (C=O) groups is 2. The molecular formula is C26H33FN6O4. The van der Waals surface area contributed by atoms with Gasteiger partial charge in [0.05, 0.1) is 43.6 Å². The Hall–Kier alpha value is -3.47. The summed E-state index contributed by atoms with van der Waals surface area (Å²) in [7, 11) is 0. The molecule has 1 aromatic carbocycles. The van der Waals surface area contributed by atoms with Gasteiger partial charge in [0.1, 0.15) is 17.2 Å². The van der Waals surface area contributed by atoms with Crippen LogP contribution in [0.2, 0.25) is 0 Å². The highest BCUT2D eigenvalue weighted by molar-refractivity contribution is 5.90. The van der Waals surface area contributed by atoms with E-state index in [1.807, 2.05) is 27.7 Å². The van der Waals surface area contributed by atoms with Gasteiger partial charge in [0.2, 0.25) is 0 Å². The molecule has 0 bridgehead atoms. The zero-order chi connectivity index (χ0) is 26.3. The smallest absolute Gasteiger partial charge is 0.410 e. The van der Waals surface area contributed by atoms with Gasteiger partial charge in [0, 0.05) is 23.8 Å². The Morgan fingerprint density at radius 1 is 1.19 bits per heavy atom. The highest BCUT2D eigenvalue weighted by Crippen LogP contribution is 2.35. The van der Waals surface area contributed by atoms with Gasteiger partial charge in [-0.05, 0) is 58.7 Å². The van der Waals surface area contributed by atoms with Crippen LogP contribution in [0.4, 0.5) is 25.5 Å². The second kappa shape index (κ2) is 9.77. The van der Waals surface area contributed by atoms with Crippen LogP contribution >= 0.6 is 0 Å². The Morgan fingerprint density at radius 3 is 2.65 bits per heavy atom. The largest absolute Gasteiger partial charge is 0.444 e. The zero-order valence-electron chi connectivity index (χ0n) is 21.6. The molecule has 1 aromatic heterocycles. The van der Waals surface area contributed by atoms with Gasteiger partial charge in [0.15, 0.2) is 5.82 Å². The first-order chi connectivity index (χ1) is 17.6. The lowest BCUT2D eigenvalue weighted by Gasteiger charge is -2.35. The molecule has 3 amide bonds. The van der Waals surface area contributed by atoms with Crippen LogP contribution in [-0.4, -0.2) is 64.4 Å². The fourth-order valence-electron chi connectivity index (χ4n) is 4.45. The highest BCUT2D eigenvalue weighted by atomic mass is 19.1. The summed E-state index contributed by atoms with van der Waals surface area (Å²) in [5, 5.41) is 5.49. The molecule has 37 heavy (non-hydrogen) atoms. The molecule has 1 aliphatic carbocycles. The van der Waals surface area contributed by atoms with Crippen LogP contribution < -0.4 is 15.5 Å². The summed E-state index contributed by atoms with van der Waals surface area (Å²) in [6.45, 7) is 9.78. The summed E-state index contributed by atoms with van der Waals surface area (Å²) in [5.41, 5.74) is 1.43. The van der Waals surface area contributed by atoms with Gasteiger partial charge in [-0.15, -0.1) is 0 Å². The monoisotopic (exact) mass is 512 g/mol. The topological polar surface area (TPSA) is 109 Å². The van der Waals surface area contributed by atoms with Crippen LogP contribution in [0.1, 0.15) is 51.8 Å². The van der Waals surface area contributed by atoms with Crippen LogP contribution in [0.3, 0.4) is 0 Å². The number of anilines is 2. The minimum Gasteiger partial charge on any atom is -0.444 e. The van der Waals surface area contributed by atoms with Crippen LogP contribution in [0.25, 0.3) is 11.4 Å². The van der Waals surface area contributed by atoms with Crippen molar-refractivity contribution >= 4 is 23.6 Å². The van der Waals surface area contributed by atoms with Gasteiger partial charge < -0.3 is 25.0 Å². The number of nitrogens with one attached hydrogen (secondary N) is 2. The normalized spacial score (nSPS) is 19.4. The van der Waals surface area contributed by atoms with E-state index < -0.39 is 17.5 Å². The van der Waals surface area contributed by atoms with Crippen LogP contribution in [-0.2, 0) is 22.6 Å². The van der Waals surface area contributed by atoms with Crippen molar-refractivity contribution < 1.29 is 23.5 Å². The maximum Gasteiger partial charge on any atom is 0.410 e. The Bertz CT molecular complexity index is 1210. The third-order valence-corrected chi connectivity index (χ3v) is 6.43. The molecule has 3 heterocycles. The van der Waals surface area contributed by atoms with E-state index in [1.54, 1.807) is 17.0 Å². The number of carbonyl (C=O) groups excluding carboxylic acids is 2. The number of nitrogens with zero attached hydrogens (tertiary/aromatic N) is 4. The lowest BCUT2D eigenvalue weighted by Crippen LogP contribution is -2.44. The van der Waals surface area contributed by atoms with Crippen LogP contribution in [0.15, 0.2) is 18.2 Å². The number of hydrogen-bond donors (Lipinski definition) is 2. The maximum absolute atomic E-state index is 15.3. The number of ether oxygens (including phenoxy) is 2. The van der Waals surface area contributed by atoms with E-state index in [-0.39, 0.29) is 36.0 Å². The van der Waals surface area contributed by atoms with Gasteiger partial charge in [-0.1, -0.05) is 0 Å². The number of hydrogen-bond acceptors (Lipinski definition) is 7. The van der Waals surface area contributed by atoms with Crippen molar-refractivity contribution in [2.24, 2.45) is 0 Å². The standard InChI is InChI=1S/C26H33FN6O4/c1-15-14-36-10-9-33(15)23-19-12-32(25(35)37-26(2,3)4)13-21(19)30-22(31-23)18-8-7-17(11-20(18)27)29-24(34)28-16-5-6-16/h7-8,11,15-16H,5-6,9-10,12-14H2,1-4H3,(H2,28,29,34). The SMILES string of the molecule is CC1COCCN1c1nc(-c2ccc(NC(=O)NC3CC3)cc2F)nc2c1CN(C(=O)OC(C)(C)C)C2. The first kappa shape index (κ1) is 25.2. The predicted molar refractivity (Wildman–Crippen MR) is 136 cm³/mol. The second-order valence-electron chi connectivity index (χ2n) is 10.8. The Labute approximate surface area is 215 Å². The number of amides is 3. The third-order valence-electron chi connectivity index (χ3n) is 6.43. The molecule has 2 aromatic rings. The predicted octanol–water partition coefficient (Wildman–Crippen LogP) is 4.04. The second-order valence-corrected chi connectivity index (χ2v) is 10.8. The Kier molecular flexibility index (Phi) is 6.65. The van der Waals surface area contributed by atoms with Crippen molar-refractivity contribution in [3.05, 3.63) is 35.3 Å². The lowest BCUT2D eigenvalue weighted by molar-refractivity contribution is 0.0240. The molecule has 11 heteroatoms. The fraction of sp³-hybridized carbons (Fsp3) is 0.538. The number of aromatic nitrogens is 2. The quantitative estimate of drug-likeness (QED) is 0.636. The van der Waals surface area contributed by atoms with E-state index in [2.05, 4.69) is 20.5 Å². The van der Waals surface area contributed by atoms with Gasteiger partial charge in [-0.3, -0.25) is 4.90 Å². The van der Waals surface area contributed by atoms with Crippen molar-refractivity contribution in [2.75, 3.05) is 30.0 Å². The molecule has 198 valence electrons. The highest BCUT2D eigenvalue weighted by Gasteiger charge is 2.35. The lowest BCUT2D eigenvalue weighted by atomic mass is 10.1. The molecule has 1 saturated heterocycles. The number of benzene rings is 1. The first-order valence-corrected chi connectivity index (χ1v) is 12.7. The summed E-state index contributed by atoms with van der Waals surface area (Å²) >= 11 is 0. The molecule has 2 N–H and O–H groups in total. The number of morpholine rings is 1. The van der Waals surface area contributed by atoms with Crippen molar-refractivity contribution in [1.82, 2.24) is 20.2 Å². The number of urea groups is 1. The summed E-state index contributed by atoms with van der Waals surface area (Å²) in [4.78, 5) is 38.0. The average Bonchev–Trinajstić information content (AvgIpc) is 3.51. The fourth-order valence-corrected chi connectivity index (χ4v) is 4.45. The molecule has 2 aliphatic heterocycles. The number of halogens is 1. The van der Waals surface area contributed by atoms with Crippen molar-refractivity contribution in [2.45, 2.75) is 71.3 Å². The molecule has 0 spiro atoms. The third kappa shape index (κ3) is 5.76. The van der Waals surface area contributed by atoms with E-state index in [9.17, 15) is 9.59 Å². The van der Waals surface area contributed by atoms with E-state index in [1.165, 1.54) is 6.07 Å². The van der Waals surface area contributed by atoms with Gasteiger partial charge >= 0.3 is 12.1 Å². The molecule has 0 radical (unpaired) electrons. The molecule has 10 nitrogen and oxygen atoms in total. The van der Waals surface area contributed by atoms with E-state index in [0.717, 1.165) is 18.4 Å². The van der Waals surface area contributed by atoms with Crippen molar-refractivity contribution in [1.29, 1.82) is 0 Å². The molecule has 1 saturated carbocycles. The van der Waals surface area contributed by atoms with Crippen molar-refractivity contribution in [3.63, 3.8) is 0 Å². The first-order valence-electron chi connectivity index (χ1n) is 12.7. The molecule has 1 atom stereocenters. The van der Waals surface area contributed by atoms with Gasteiger partial charge in [0.25, 0.3) is 0 Å². The number of fused-ring (bicyclic) bond motifs is 1. The zero-order valence-corrected chi connectivity index (χ0v) is 21.6. The molecule has 3 aliphatic rings. The summed E-state index contributed by atoms with van der Waals surface area (Å²) in [6, 6.07) is 4.36. The molecule has 1 unspecified atom stereocenters. The van der Waals surface area contributed by atoms with Crippen LogP contribution in [0.5, 0.6) is 0 Å². The Balaban J connectivity index is 1.46. The van der Waals surface area contributed by atoms with Crippen molar-refractivity contribution in [3.8, 4) is 11.4 Å². The number of rotatable bonds is 4. The summed E-state index contributed by atoms with van der Waals surface area (Å²) in [6.07, 6.45) is 1.50. The van der Waals surface area contributed by atoms with E-state index in [4.69, 9.17) is 14.5 Å². The summed E-state index contributed by atoms with van der Waals surface area (Å²) in [5.74, 6) is 0.351. The molecular weight excluding hydrogens is 479 g/mol. The molecule has 2 fully saturated rings. The van der Waals surface area contributed by atoms with Crippen LogP contribution in [0, 0.1) is 5.82 Å². The van der Waals surface area contributed by atoms with E-state index >= 15 is 4.39 Å². The van der Waals surface area contributed by atoms with Gasteiger partial charge in [-0.25, -0.2) is 23.9 Å². The summed E-state index contributed by atoms with van der Waals surface area (Å²) < 4.78 is 26.5. The maximum atomic E-state index is 15.3.